The van der Waals surface area contributed by atoms with Crippen molar-refractivity contribution in [1.29, 1.82) is 0 Å². The maximum atomic E-state index is 12.3. The Hall–Kier alpha value is -3.01. The Morgan fingerprint density at radius 1 is 1.21 bits per heavy atom. The maximum Gasteiger partial charge on any atom is 0.251 e. The van der Waals surface area contributed by atoms with Gasteiger partial charge < -0.3 is 25.1 Å². The van der Waals surface area contributed by atoms with Crippen molar-refractivity contribution in [2.75, 3.05) is 25.3 Å². The molecule has 0 unspecified atom stereocenters. The second kappa shape index (κ2) is 9.46. The predicted molar refractivity (Wildman–Crippen MR) is 109 cm³/mol. The summed E-state index contributed by atoms with van der Waals surface area (Å²) in [5.41, 5.74) is 0.472. The monoisotopic (exact) mass is 418 g/mol. The Morgan fingerprint density at radius 3 is 2.69 bits per heavy atom. The summed E-state index contributed by atoms with van der Waals surface area (Å²) >= 11 is 1.07. The SMILES string of the molecule is COc1ccc(OC)c(NC(=O)CSc2nc(CC(=O)NC3CC3)cc(=O)[nH]2)c1. The zero-order chi connectivity index (χ0) is 20.8. The highest BCUT2D eigenvalue weighted by Gasteiger charge is 2.23. The van der Waals surface area contributed by atoms with Crippen LogP contribution in [0.5, 0.6) is 11.5 Å². The summed E-state index contributed by atoms with van der Waals surface area (Å²) in [7, 11) is 3.04. The quantitative estimate of drug-likeness (QED) is 0.415. The normalized spacial score (nSPS) is 12.9. The number of aromatic amines is 1. The summed E-state index contributed by atoms with van der Waals surface area (Å²) < 4.78 is 10.4. The summed E-state index contributed by atoms with van der Waals surface area (Å²) in [6.07, 6.45) is 2.01. The molecule has 1 aliphatic rings. The first-order valence-electron chi connectivity index (χ1n) is 9.01. The van der Waals surface area contributed by atoms with Gasteiger partial charge in [0.25, 0.3) is 5.56 Å². The lowest BCUT2D eigenvalue weighted by Crippen LogP contribution is -2.28. The lowest BCUT2D eigenvalue weighted by Gasteiger charge is -2.11. The Balaban J connectivity index is 1.59. The topological polar surface area (TPSA) is 122 Å². The molecule has 1 heterocycles. The number of rotatable bonds is 9. The van der Waals surface area contributed by atoms with Crippen LogP contribution in [0.15, 0.2) is 34.2 Å². The zero-order valence-electron chi connectivity index (χ0n) is 16.1. The summed E-state index contributed by atoms with van der Waals surface area (Å²) in [5, 5.41) is 5.88. The fourth-order valence-electron chi connectivity index (χ4n) is 2.55. The van der Waals surface area contributed by atoms with Crippen LogP contribution >= 0.6 is 11.8 Å². The van der Waals surface area contributed by atoms with Gasteiger partial charge in [-0.2, -0.15) is 0 Å². The maximum absolute atomic E-state index is 12.3. The van der Waals surface area contributed by atoms with E-state index in [2.05, 4.69) is 20.6 Å². The smallest absolute Gasteiger partial charge is 0.251 e. The number of anilines is 1. The van der Waals surface area contributed by atoms with Crippen LogP contribution in [0.4, 0.5) is 5.69 Å². The van der Waals surface area contributed by atoms with Gasteiger partial charge in [-0.25, -0.2) is 4.98 Å². The number of aromatic nitrogens is 2. The highest BCUT2D eigenvalue weighted by Crippen LogP contribution is 2.29. The Labute approximate surface area is 171 Å². The van der Waals surface area contributed by atoms with E-state index in [1.807, 2.05) is 0 Å². The highest BCUT2D eigenvalue weighted by atomic mass is 32.2. The molecule has 10 heteroatoms. The molecule has 0 bridgehead atoms. The molecular weight excluding hydrogens is 396 g/mol. The molecule has 1 fully saturated rings. The van der Waals surface area contributed by atoms with Crippen molar-refractivity contribution >= 4 is 29.3 Å². The number of H-pyrrole nitrogens is 1. The highest BCUT2D eigenvalue weighted by molar-refractivity contribution is 7.99. The van der Waals surface area contributed by atoms with E-state index >= 15 is 0 Å². The summed E-state index contributed by atoms with van der Waals surface area (Å²) in [6, 6.07) is 6.60. The van der Waals surface area contributed by atoms with Gasteiger partial charge in [0.15, 0.2) is 5.16 Å². The van der Waals surface area contributed by atoms with E-state index in [1.54, 1.807) is 18.2 Å². The van der Waals surface area contributed by atoms with E-state index < -0.39 is 0 Å². The number of carbonyl (C=O) groups excluding carboxylic acids is 2. The number of amides is 2. The Morgan fingerprint density at radius 2 is 2.00 bits per heavy atom. The average Bonchev–Trinajstić information content (AvgIpc) is 3.49. The van der Waals surface area contributed by atoms with Gasteiger partial charge >= 0.3 is 0 Å². The molecule has 154 valence electrons. The molecule has 29 heavy (non-hydrogen) atoms. The number of hydrogen-bond donors (Lipinski definition) is 3. The third-order valence-electron chi connectivity index (χ3n) is 4.08. The van der Waals surface area contributed by atoms with Crippen LogP contribution in [0.3, 0.4) is 0 Å². The lowest BCUT2D eigenvalue weighted by molar-refractivity contribution is -0.120. The van der Waals surface area contributed by atoms with Crippen LogP contribution in [-0.4, -0.2) is 47.8 Å². The number of ether oxygens (including phenoxy) is 2. The molecule has 2 amide bonds. The molecule has 2 aromatic rings. The minimum Gasteiger partial charge on any atom is -0.497 e. The van der Waals surface area contributed by atoms with Crippen molar-refractivity contribution in [3.63, 3.8) is 0 Å². The number of methoxy groups -OCH3 is 2. The third-order valence-corrected chi connectivity index (χ3v) is 4.95. The van der Waals surface area contributed by atoms with Gasteiger partial charge in [-0.1, -0.05) is 11.8 Å². The second-order valence-corrected chi connectivity index (χ2v) is 7.43. The molecule has 0 aliphatic heterocycles. The van der Waals surface area contributed by atoms with Gasteiger partial charge in [0.05, 0.1) is 37.8 Å². The molecule has 1 aromatic carbocycles. The molecule has 3 N–H and O–H groups in total. The van der Waals surface area contributed by atoms with E-state index in [9.17, 15) is 14.4 Å². The molecule has 3 rings (SSSR count). The minimum absolute atomic E-state index is 0.0149. The molecule has 1 saturated carbocycles. The fourth-order valence-corrected chi connectivity index (χ4v) is 3.24. The second-order valence-electron chi connectivity index (χ2n) is 6.46. The van der Waals surface area contributed by atoms with Crippen molar-refractivity contribution < 1.29 is 19.1 Å². The Bertz CT molecular complexity index is 958. The Kier molecular flexibility index (Phi) is 6.76. The third kappa shape index (κ3) is 6.24. The van der Waals surface area contributed by atoms with Gasteiger partial charge in [0.2, 0.25) is 11.8 Å². The first-order chi connectivity index (χ1) is 14.0. The van der Waals surface area contributed by atoms with Gasteiger partial charge in [-0.05, 0) is 25.0 Å². The van der Waals surface area contributed by atoms with E-state index in [4.69, 9.17) is 9.47 Å². The largest absolute Gasteiger partial charge is 0.497 e. The number of thioether (sulfide) groups is 1. The first kappa shape index (κ1) is 20.7. The molecule has 1 aromatic heterocycles. The first-order valence-corrected chi connectivity index (χ1v) is 9.99. The van der Waals surface area contributed by atoms with Crippen molar-refractivity contribution in [3.05, 3.63) is 40.3 Å². The number of nitrogens with zero attached hydrogens (tertiary/aromatic N) is 1. The van der Waals surface area contributed by atoms with Crippen molar-refractivity contribution in [2.45, 2.75) is 30.5 Å². The van der Waals surface area contributed by atoms with Crippen LogP contribution in [0, 0.1) is 0 Å². The van der Waals surface area contributed by atoms with E-state index in [1.165, 1.54) is 20.3 Å². The minimum atomic E-state index is -0.369. The van der Waals surface area contributed by atoms with Crippen LogP contribution in [0.2, 0.25) is 0 Å². The lowest BCUT2D eigenvalue weighted by atomic mass is 10.2. The summed E-state index contributed by atoms with van der Waals surface area (Å²) in [5.74, 6) is 0.628. The van der Waals surface area contributed by atoms with Gasteiger partial charge in [0, 0.05) is 18.2 Å². The molecule has 0 spiro atoms. The van der Waals surface area contributed by atoms with Crippen molar-refractivity contribution in [1.82, 2.24) is 15.3 Å². The standard InChI is InChI=1S/C19H22N4O5S/c1-27-13-5-6-15(28-2)14(9-13)22-18(26)10-29-19-21-12(8-17(25)23-19)7-16(24)20-11-3-4-11/h5-6,8-9,11H,3-4,7,10H2,1-2H3,(H,20,24)(H,22,26)(H,21,23,25). The van der Waals surface area contributed by atoms with E-state index in [-0.39, 0.29) is 40.7 Å². The molecule has 0 atom stereocenters. The summed E-state index contributed by atoms with van der Waals surface area (Å²) in [6.45, 7) is 0. The molecule has 1 aliphatic carbocycles. The zero-order valence-corrected chi connectivity index (χ0v) is 16.9. The number of carbonyl (C=O) groups is 2. The summed E-state index contributed by atoms with van der Waals surface area (Å²) in [4.78, 5) is 42.9. The van der Waals surface area contributed by atoms with Gasteiger partial charge in [-0.15, -0.1) is 0 Å². The van der Waals surface area contributed by atoms with E-state index in [0.29, 0.717) is 22.9 Å². The van der Waals surface area contributed by atoms with Crippen molar-refractivity contribution in [2.24, 2.45) is 0 Å². The average molecular weight is 418 g/mol. The fraction of sp³-hybridized carbons (Fsp3) is 0.368. The van der Waals surface area contributed by atoms with Crippen molar-refractivity contribution in [3.8, 4) is 11.5 Å². The number of nitrogens with one attached hydrogen (secondary N) is 3. The van der Waals surface area contributed by atoms with E-state index in [0.717, 1.165) is 24.6 Å². The van der Waals surface area contributed by atoms with Gasteiger partial charge in [-0.3, -0.25) is 14.4 Å². The van der Waals surface area contributed by atoms with Crippen LogP contribution in [-0.2, 0) is 16.0 Å². The predicted octanol–water partition coefficient (Wildman–Crippen LogP) is 1.34. The molecule has 9 nitrogen and oxygen atoms in total. The number of benzene rings is 1. The van der Waals surface area contributed by atoms with Gasteiger partial charge in [0.1, 0.15) is 11.5 Å². The molecule has 0 saturated heterocycles. The van der Waals surface area contributed by atoms with Crippen LogP contribution in [0.25, 0.3) is 0 Å². The van der Waals surface area contributed by atoms with Crippen LogP contribution < -0.4 is 25.7 Å². The molecular formula is C19H22N4O5S. The van der Waals surface area contributed by atoms with Crippen LogP contribution in [0.1, 0.15) is 18.5 Å². The molecule has 0 radical (unpaired) electrons. The number of hydrogen-bond acceptors (Lipinski definition) is 7.